The van der Waals surface area contributed by atoms with E-state index in [0.717, 1.165) is 12.0 Å². The Hall–Kier alpha value is -4.86. The van der Waals surface area contributed by atoms with Gasteiger partial charge < -0.3 is 24.6 Å². The fraction of sp³-hybridized carbons (Fsp3) is 0.371. The van der Waals surface area contributed by atoms with E-state index < -0.39 is 41.8 Å². The minimum Gasteiger partial charge on any atom is -0.507 e. The number of amides is 2. The highest BCUT2D eigenvalue weighted by Gasteiger charge is 2.34. The van der Waals surface area contributed by atoms with Gasteiger partial charge in [-0.25, -0.2) is 9.59 Å². The van der Waals surface area contributed by atoms with Crippen molar-refractivity contribution in [2.24, 2.45) is 5.92 Å². The Morgan fingerprint density at radius 2 is 1.76 bits per heavy atom. The average Bonchev–Trinajstić information content (AvgIpc) is 3.04. The molecule has 2 N–H and O–H groups in total. The number of methoxy groups -OCH3 is 1. The van der Waals surface area contributed by atoms with Gasteiger partial charge in [0.1, 0.15) is 30.2 Å². The Labute approximate surface area is 263 Å². The van der Waals surface area contributed by atoms with Crippen molar-refractivity contribution in [1.82, 2.24) is 10.2 Å². The molecule has 10 heteroatoms. The summed E-state index contributed by atoms with van der Waals surface area (Å²) in [5.41, 5.74) is 2.78. The van der Waals surface area contributed by atoms with Crippen LogP contribution in [0.2, 0.25) is 0 Å². The summed E-state index contributed by atoms with van der Waals surface area (Å²) in [6, 6.07) is 17.0. The maximum absolute atomic E-state index is 14.0. The van der Waals surface area contributed by atoms with Crippen LogP contribution < -0.4 is 10.1 Å². The largest absolute Gasteiger partial charge is 0.507 e. The highest BCUT2D eigenvalue weighted by atomic mass is 16.6. The lowest BCUT2D eigenvalue weighted by Crippen LogP contribution is -2.46. The molecule has 0 radical (unpaired) electrons. The number of ether oxygens (including phenoxy) is 3. The molecule has 238 valence electrons. The number of phenols is 1. The summed E-state index contributed by atoms with van der Waals surface area (Å²) in [5.74, 6) is -1.98. The lowest BCUT2D eigenvalue weighted by atomic mass is 9.90. The average molecular weight is 617 g/mol. The first-order valence-electron chi connectivity index (χ1n) is 15.0. The van der Waals surface area contributed by atoms with Crippen molar-refractivity contribution in [1.29, 1.82) is 0 Å². The van der Waals surface area contributed by atoms with Crippen molar-refractivity contribution in [3.8, 4) is 22.6 Å². The van der Waals surface area contributed by atoms with E-state index in [1.54, 1.807) is 37.3 Å². The zero-order chi connectivity index (χ0) is 32.7. The Morgan fingerprint density at radius 3 is 2.44 bits per heavy atom. The van der Waals surface area contributed by atoms with E-state index in [-0.39, 0.29) is 31.3 Å². The van der Waals surface area contributed by atoms with Crippen LogP contribution in [0.5, 0.6) is 11.5 Å². The SMILES string of the molecule is CCC(C)Oc1ccc2cc1-c1cc(ccc1O)C[C@@H](C(=O)OC)NC(=O)[C@H](C)CC(=O)[C@H]2N(C)C(=O)OCc1ccccc1. The third-order valence-corrected chi connectivity index (χ3v) is 7.96. The van der Waals surface area contributed by atoms with Crippen molar-refractivity contribution in [2.75, 3.05) is 14.2 Å². The number of ketones is 1. The lowest BCUT2D eigenvalue weighted by molar-refractivity contribution is -0.145. The number of hydrogen-bond donors (Lipinski definition) is 2. The number of carbonyl (C=O) groups excluding carboxylic acids is 4. The highest BCUT2D eigenvalue weighted by Crippen LogP contribution is 2.40. The predicted octanol–water partition coefficient (Wildman–Crippen LogP) is 5.36. The molecule has 0 aliphatic carbocycles. The zero-order valence-corrected chi connectivity index (χ0v) is 26.2. The van der Waals surface area contributed by atoms with Gasteiger partial charge in [0.05, 0.1) is 13.2 Å². The van der Waals surface area contributed by atoms with Crippen molar-refractivity contribution in [3.63, 3.8) is 0 Å². The number of likely N-dealkylation sites (N-methyl/N-ethyl adjacent to an activating group) is 1. The summed E-state index contributed by atoms with van der Waals surface area (Å²) in [6.07, 6.45) is -0.294. The minimum atomic E-state index is -1.13. The van der Waals surface area contributed by atoms with E-state index in [0.29, 0.717) is 28.0 Å². The number of rotatable bonds is 7. The summed E-state index contributed by atoms with van der Waals surface area (Å²) >= 11 is 0. The molecule has 2 amide bonds. The molecule has 1 aliphatic rings. The molecule has 3 aromatic rings. The van der Waals surface area contributed by atoms with Crippen molar-refractivity contribution >= 4 is 23.8 Å². The Balaban J connectivity index is 1.84. The number of nitrogens with zero attached hydrogens (tertiary/aromatic N) is 1. The second kappa shape index (κ2) is 14.7. The van der Waals surface area contributed by atoms with E-state index in [9.17, 15) is 24.3 Å². The summed E-state index contributed by atoms with van der Waals surface area (Å²) in [5, 5.41) is 13.7. The van der Waals surface area contributed by atoms with Crippen molar-refractivity contribution in [2.45, 2.75) is 64.8 Å². The Kier molecular flexibility index (Phi) is 10.8. The van der Waals surface area contributed by atoms with Crippen LogP contribution in [0.1, 0.15) is 56.3 Å². The number of Topliss-reactive ketones (excluding diaryl/α,β-unsaturated/α-hetero) is 1. The number of carbonyl (C=O) groups is 4. The van der Waals surface area contributed by atoms with Gasteiger partial charge >= 0.3 is 12.1 Å². The molecule has 1 unspecified atom stereocenters. The molecule has 4 bridgehead atoms. The van der Waals surface area contributed by atoms with Gasteiger partial charge in [0.15, 0.2) is 5.78 Å². The van der Waals surface area contributed by atoms with E-state index in [1.165, 1.54) is 25.1 Å². The van der Waals surface area contributed by atoms with Crippen LogP contribution in [0.15, 0.2) is 66.7 Å². The van der Waals surface area contributed by atoms with Gasteiger partial charge in [-0.3, -0.25) is 14.5 Å². The predicted molar refractivity (Wildman–Crippen MR) is 167 cm³/mol. The monoisotopic (exact) mass is 616 g/mol. The van der Waals surface area contributed by atoms with Gasteiger partial charge in [-0.05, 0) is 54.3 Å². The number of nitrogens with one attached hydrogen (secondary N) is 1. The summed E-state index contributed by atoms with van der Waals surface area (Å²) < 4.78 is 16.7. The molecule has 0 spiro atoms. The molecule has 4 rings (SSSR count). The maximum atomic E-state index is 14.0. The van der Waals surface area contributed by atoms with E-state index in [2.05, 4.69) is 5.32 Å². The summed E-state index contributed by atoms with van der Waals surface area (Å²) in [6.45, 7) is 5.51. The molecule has 1 aliphatic heterocycles. The maximum Gasteiger partial charge on any atom is 0.410 e. The molecule has 0 aromatic heterocycles. The zero-order valence-electron chi connectivity index (χ0n) is 26.2. The van der Waals surface area contributed by atoms with Crippen LogP contribution >= 0.6 is 0 Å². The number of fused-ring (bicyclic) bond motifs is 5. The molecule has 0 saturated heterocycles. The molecule has 45 heavy (non-hydrogen) atoms. The van der Waals surface area contributed by atoms with Crippen LogP contribution in [0.25, 0.3) is 11.1 Å². The van der Waals surface area contributed by atoms with Gasteiger partial charge in [-0.2, -0.15) is 0 Å². The molecule has 1 heterocycles. The second-order valence-corrected chi connectivity index (χ2v) is 11.4. The van der Waals surface area contributed by atoms with Gasteiger partial charge in [0.2, 0.25) is 5.91 Å². The number of hydrogen-bond acceptors (Lipinski definition) is 8. The van der Waals surface area contributed by atoms with Crippen LogP contribution in [0.3, 0.4) is 0 Å². The Bertz CT molecular complexity index is 1540. The summed E-state index contributed by atoms with van der Waals surface area (Å²) in [7, 11) is 2.70. The van der Waals surface area contributed by atoms with Gasteiger partial charge in [0, 0.05) is 36.9 Å². The molecule has 0 fully saturated rings. The third kappa shape index (κ3) is 8.00. The summed E-state index contributed by atoms with van der Waals surface area (Å²) in [4.78, 5) is 54.4. The van der Waals surface area contributed by atoms with Crippen LogP contribution in [0.4, 0.5) is 4.79 Å². The van der Waals surface area contributed by atoms with Crippen LogP contribution in [-0.2, 0) is 36.9 Å². The van der Waals surface area contributed by atoms with Gasteiger partial charge in [-0.1, -0.05) is 56.3 Å². The quantitative estimate of drug-likeness (QED) is 0.340. The molecule has 10 nitrogen and oxygen atoms in total. The molecule has 3 aromatic carbocycles. The van der Waals surface area contributed by atoms with Crippen molar-refractivity contribution < 1.29 is 38.5 Å². The highest BCUT2D eigenvalue weighted by molar-refractivity contribution is 5.94. The van der Waals surface area contributed by atoms with Gasteiger partial charge in [0.25, 0.3) is 0 Å². The number of esters is 1. The first kappa shape index (κ1) is 33.0. The fourth-order valence-corrected chi connectivity index (χ4v) is 5.20. The fourth-order valence-electron chi connectivity index (χ4n) is 5.20. The molecular formula is C35H40N2O8. The molecule has 0 saturated carbocycles. The number of aromatic hydroxyl groups is 1. The lowest BCUT2D eigenvalue weighted by Gasteiger charge is -2.29. The first-order valence-corrected chi connectivity index (χ1v) is 15.0. The van der Waals surface area contributed by atoms with Gasteiger partial charge in [-0.15, -0.1) is 0 Å². The topological polar surface area (TPSA) is 131 Å². The minimum absolute atomic E-state index is 0.00620. The molecular weight excluding hydrogens is 576 g/mol. The Morgan fingerprint density at radius 1 is 1.02 bits per heavy atom. The number of benzene rings is 3. The number of phenolic OH excluding ortho intramolecular Hbond substituents is 1. The normalized spacial score (nSPS) is 19.0. The molecule has 4 atom stereocenters. The third-order valence-electron chi connectivity index (χ3n) is 7.96. The van der Waals surface area contributed by atoms with E-state index >= 15 is 0 Å². The second-order valence-electron chi connectivity index (χ2n) is 11.4. The smallest absolute Gasteiger partial charge is 0.410 e. The van der Waals surface area contributed by atoms with E-state index in [1.807, 2.05) is 44.2 Å². The standard InChI is InChI=1S/C35H40N2O8/c1-6-22(3)45-31-15-13-25-19-27(31)26-17-24(12-14-29(26)38)18-28(34(41)43-5)36-33(40)21(2)16-30(39)32(25)37(4)35(42)44-20-23-10-8-7-9-11-23/h7-15,17,19,21-22,28,32,38H,6,16,18,20H2,1-5H3,(H,36,40)/t21-,22?,28+,32+/m1/s1. The van der Waals surface area contributed by atoms with Crippen molar-refractivity contribution in [3.05, 3.63) is 83.4 Å². The van der Waals surface area contributed by atoms with E-state index in [4.69, 9.17) is 14.2 Å². The van der Waals surface area contributed by atoms with Crippen LogP contribution in [-0.4, -0.2) is 60.1 Å². The first-order chi connectivity index (χ1) is 21.5. The van der Waals surface area contributed by atoms with Crippen LogP contribution in [0, 0.1) is 5.92 Å².